The van der Waals surface area contributed by atoms with Gasteiger partial charge < -0.3 is 16.2 Å². The molecule has 1 heterocycles. The highest BCUT2D eigenvalue weighted by atomic mass is 15.4. The van der Waals surface area contributed by atoms with E-state index in [1.807, 2.05) is 30.3 Å². The summed E-state index contributed by atoms with van der Waals surface area (Å²) in [5.74, 6) is 0.985. The van der Waals surface area contributed by atoms with Gasteiger partial charge in [-0.3, -0.25) is 0 Å². The number of fused-ring (bicyclic) bond motifs is 1. The van der Waals surface area contributed by atoms with Crippen molar-refractivity contribution in [3.05, 3.63) is 59.7 Å². The summed E-state index contributed by atoms with van der Waals surface area (Å²) in [6.45, 7) is 0.679. The number of rotatable bonds is 4. The Labute approximate surface area is 154 Å². The first-order valence-electron chi connectivity index (χ1n) is 9.34. The number of nitrogens with one attached hydrogen (secondary N) is 4. The fraction of sp³-hybridized carbons (Fsp3) is 0.333. The standard InChI is InChI=1S/C21H25N5/c22-14-16-7-6-8-17(13-16)15-23-26-20-21(11-4-1-5-12-21)25-19-10-3-2-9-18(19)24-20/h2-3,6-10,13-14,22-23,25H,1,4-5,11-12,15H2,(H,24,26). The lowest BCUT2D eigenvalue weighted by atomic mass is 9.79. The zero-order valence-corrected chi connectivity index (χ0v) is 14.9. The monoisotopic (exact) mass is 347 g/mol. The smallest absolute Gasteiger partial charge is 0.142 e. The summed E-state index contributed by atoms with van der Waals surface area (Å²) in [4.78, 5) is 4.93. The maximum Gasteiger partial charge on any atom is 0.142 e. The van der Waals surface area contributed by atoms with E-state index in [9.17, 15) is 0 Å². The topological polar surface area (TPSA) is 72.3 Å². The van der Waals surface area contributed by atoms with E-state index >= 15 is 0 Å². The molecule has 26 heavy (non-hydrogen) atoms. The summed E-state index contributed by atoms with van der Waals surface area (Å²) >= 11 is 0. The summed E-state index contributed by atoms with van der Waals surface area (Å²) in [7, 11) is 0. The number of para-hydroxylation sites is 2. The second-order valence-corrected chi connectivity index (χ2v) is 7.11. The lowest BCUT2D eigenvalue weighted by Gasteiger charge is -2.42. The number of hydrogen-bond acceptors (Lipinski definition) is 5. The van der Waals surface area contributed by atoms with Crippen LogP contribution in [0.1, 0.15) is 43.2 Å². The van der Waals surface area contributed by atoms with Gasteiger partial charge in [0.25, 0.3) is 0 Å². The van der Waals surface area contributed by atoms with Crippen molar-refractivity contribution < 1.29 is 0 Å². The summed E-state index contributed by atoms with van der Waals surface area (Å²) in [6, 6.07) is 16.3. The van der Waals surface area contributed by atoms with Gasteiger partial charge in [-0.15, -0.1) is 0 Å². The Balaban J connectivity index is 1.52. The van der Waals surface area contributed by atoms with E-state index in [0.717, 1.165) is 41.2 Å². The molecular formula is C21H25N5. The molecule has 0 bridgehead atoms. The zero-order chi connectivity index (χ0) is 17.8. The van der Waals surface area contributed by atoms with Crippen molar-refractivity contribution >= 4 is 23.4 Å². The summed E-state index contributed by atoms with van der Waals surface area (Å²) in [5, 5.41) is 11.2. The molecule has 134 valence electrons. The first-order chi connectivity index (χ1) is 12.8. The van der Waals surface area contributed by atoms with Crippen LogP contribution in [0.25, 0.3) is 0 Å². The number of benzene rings is 2. The van der Waals surface area contributed by atoms with Gasteiger partial charge in [0, 0.05) is 12.8 Å². The second kappa shape index (κ2) is 7.30. The third kappa shape index (κ3) is 3.35. The molecule has 0 radical (unpaired) electrons. The Morgan fingerprint density at radius 3 is 2.77 bits per heavy atom. The first-order valence-corrected chi connectivity index (χ1v) is 9.34. The number of aliphatic imine (C=N–C) groups is 1. The second-order valence-electron chi connectivity index (χ2n) is 7.11. The van der Waals surface area contributed by atoms with Crippen LogP contribution in [0.2, 0.25) is 0 Å². The van der Waals surface area contributed by atoms with Gasteiger partial charge in [0.15, 0.2) is 0 Å². The van der Waals surface area contributed by atoms with E-state index in [-0.39, 0.29) is 5.54 Å². The lowest BCUT2D eigenvalue weighted by molar-refractivity contribution is 0.391. The Kier molecular flexibility index (Phi) is 4.71. The molecule has 2 aromatic rings. The van der Waals surface area contributed by atoms with Crippen molar-refractivity contribution in [1.29, 1.82) is 5.41 Å². The van der Waals surface area contributed by atoms with Crippen molar-refractivity contribution in [3.63, 3.8) is 0 Å². The normalized spacial score (nSPS) is 17.8. The predicted octanol–water partition coefficient (Wildman–Crippen LogP) is 4.14. The average Bonchev–Trinajstić information content (AvgIpc) is 2.69. The first kappa shape index (κ1) is 16.8. The quantitative estimate of drug-likeness (QED) is 0.496. The van der Waals surface area contributed by atoms with Gasteiger partial charge in [-0.05, 0) is 42.2 Å². The molecule has 2 aliphatic rings. The molecule has 1 aliphatic heterocycles. The minimum absolute atomic E-state index is 0.101. The van der Waals surface area contributed by atoms with Gasteiger partial charge in [-0.25, -0.2) is 10.4 Å². The van der Waals surface area contributed by atoms with E-state index in [4.69, 9.17) is 10.4 Å². The number of amidine groups is 1. The maximum absolute atomic E-state index is 7.39. The Morgan fingerprint density at radius 1 is 1.08 bits per heavy atom. The molecule has 0 unspecified atom stereocenters. The van der Waals surface area contributed by atoms with E-state index in [1.54, 1.807) is 0 Å². The van der Waals surface area contributed by atoms with Crippen molar-refractivity contribution in [1.82, 2.24) is 10.9 Å². The fourth-order valence-electron chi connectivity index (χ4n) is 3.91. The molecule has 1 spiro atoms. The molecule has 0 atom stereocenters. The molecule has 4 rings (SSSR count). The van der Waals surface area contributed by atoms with Crippen LogP contribution in [0.4, 0.5) is 11.4 Å². The molecule has 4 N–H and O–H groups in total. The van der Waals surface area contributed by atoms with Crippen LogP contribution in [0.15, 0.2) is 53.5 Å². The van der Waals surface area contributed by atoms with Crippen LogP contribution < -0.4 is 16.2 Å². The molecule has 1 fully saturated rings. The van der Waals surface area contributed by atoms with Crippen LogP contribution in [-0.2, 0) is 6.54 Å². The highest BCUT2D eigenvalue weighted by molar-refractivity contribution is 6.00. The van der Waals surface area contributed by atoms with Gasteiger partial charge in [0.2, 0.25) is 0 Å². The van der Waals surface area contributed by atoms with Crippen LogP contribution in [-0.4, -0.2) is 17.6 Å². The predicted molar refractivity (Wildman–Crippen MR) is 107 cm³/mol. The lowest BCUT2D eigenvalue weighted by Crippen LogP contribution is -2.57. The van der Waals surface area contributed by atoms with Crippen molar-refractivity contribution in [2.75, 3.05) is 5.32 Å². The molecule has 1 aliphatic carbocycles. The van der Waals surface area contributed by atoms with Crippen molar-refractivity contribution in [3.8, 4) is 0 Å². The molecule has 1 saturated carbocycles. The summed E-state index contributed by atoms with van der Waals surface area (Å²) < 4.78 is 0. The molecular weight excluding hydrogens is 322 g/mol. The Bertz CT molecular complexity index is 821. The van der Waals surface area contributed by atoms with Crippen LogP contribution in [0, 0.1) is 5.41 Å². The SMILES string of the molecule is N=Cc1cccc(CNNC2=Nc3ccccc3NC23CCCCC3)c1. The minimum atomic E-state index is -0.101. The Hall–Kier alpha value is -2.66. The van der Waals surface area contributed by atoms with Crippen molar-refractivity contribution in [2.45, 2.75) is 44.2 Å². The van der Waals surface area contributed by atoms with Gasteiger partial charge in [0.05, 0.1) is 16.9 Å². The van der Waals surface area contributed by atoms with E-state index in [1.165, 1.54) is 25.5 Å². The summed E-state index contributed by atoms with van der Waals surface area (Å²) in [5.41, 5.74) is 10.8. The molecule has 5 heteroatoms. The largest absolute Gasteiger partial charge is 0.371 e. The van der Waals surface area contributed by atoms with Crippen LogP contribution >= 0.6 is 0 Å². The van der Waals surface area contributed by atoms with Crippen LogP contribution in [0.5, 0.6) is 0 Å². The highest BCUT2D eigenvalue weighted by Gasteiger charge is 2.40. The zero-order valence-electron chi connectivity index (χ0n) is 14.9. The molecule has 0 amide bonds. The number of nitrogens with zero attached hydrogens (tertiary/aromatic N) is 1. The van der Waals surface area contributed by atoms with Gasteiger partial charge in [-0.1, -0.05) is 49.6 Å². The molecule has 0 saturated heterocycles. The number of hydrogen-bond donors (Lipinski definition) is 4. The fourth-order valence-corrected chi connectivity index (χ4v) is 3.91. The highest BCUT2D eigenvalue weighted by Crippen LogP contribution is 2.39. The van der Waals surface area contributed by atoms with E-state index < -0.39 is 0 Å². The van der Waals surface area contributed by atoms with E-state index in [2.05, 4.69) is 34.4 Å². The molecule has 2 aromatic carbocycles. The maximum atomic E-state index is 7.39. The average molecular weight is 347 g/mol. The third-order valence-electron chi connectivity index (χ3n) is 5.29. The molecule has 0 aromatic heterocycles. The van der Waals surface area contributed by atoms with Gasteiger partial charge in [0.1, 0.15) is 5.84 Å². The van der Waals surface area contributed by atoms with Crippen molar-refractivity contribution in [2.24, 2.45) is 4.99 Å². The van der Waals surface area contributed by atoms with Gasteiger partial charge >= 0.3 is 0 Å². The minimum Gasteiger partial charge on any atom is -0.371 e. The Morgan fingerprint density at radius 2 is 1.92 bits per heavy atom. The van der Waals surface area contributed by atoms with Crippen LogP contribution in [0.3, 0.4) is 0 Å². The van der Waals surface area contributed by atoms with Gasteiger partial charge in [-0.2, -0.15) is 0 Å². The van der Waals surface area contributed by atoms with E-state index in [0.29, 0.717) is 6.54 Å². The number of anilines is 1. The third-order valence-corrected chi connectivity index (χ3v) is 5.29. The summed E-state index contributed by atoms with van der Waals surface area (Å²) in [6.07, 6.45) is 7.30. The molecule has 5 nitrogen and oxygen atoms in total. The number of hydrazine groups is 1.